The molecule has 0 bridgehead atoms. The molecule has 4 rings (SSSR count). The Morgan fingerprint density at radius 3 is 2.40 bits per heavy atom. The first-order valence-corrected chi connectivity index (χ1v) is 9.90. The van der Waals surface area contributed by atoms with Crippen LogP contribution < -0.4 is 15.0 Å². The molecule has 2 heterocycles. The number of benzene rings is 2. The molecule has 1 aliphatic rings. The van der Waals surface area contributed by atoms with Gasteiger partial charge < -0.3 is 19.9 Å². The second-order valence-corrected chi connectivity index (χ2v) is 7.22. The van der Waals surface area contributed by atoms with Crippen LogP contribution >= 0.6 is 0 Å². The summed E-state index contributed by atoms with van der Waals surface area (Å²) in [6.45, 7) is 4.26. The predicted octanol–water partition coefficient (Wildman–Crippen LogP) is 3.16. The lowest BCUT2D eigenvalue weighted by molar-refractivity contribution is -0.114. The molecule has 1 saturated heterocycles. The number of rotatable bonds is 4. The van der Waals surface area contributed by atoms with E-state index in [4.69, 9.17) is 4.74 Å². The highest BCUT2D eigenvalue weighted by Gasteiger charge is 2.24. The summed E-state index contributed by atoms with van der Waals surface area (Å²) in [6.07, 6.45) is 1.62. The van der Waals surface area contributed by atoms with Gasteiger partial charge in [-0.25, -0.2) is 0 Å². The molecule has 1 aliphatic heterocycles. The molecule has 0 spiro atoms. The van der Waals surface area contributed by atoms with Crippen molar-refractivity contribution in [1.29, 1.82) is 0 Å². The molecular formula is C23H24N4O3. The Hall–Kier alpha value is -3.61. The zero-order valence-corrected chi connectivity index (χ0v) is 17.1. The molecule has 1 N–H and O–H groups in total. The molecule has 0 unspecified atom stereocenters. The zero-order chi connectivity index (χ0) is 21.1. The number of anilines is 2. The Balaban J connectivity index is 1.51. The summed E-state index contributed by atoms with van der Waals surface area (Å²) in [5, 5.41) is 3.53. The van der Waals surface area contributed by atoms with E-state index in [1.54, 1.807) is 25.4 Å². The average molecular weight is 404 g/mol. The van der Waals surface area contributed by atoms with Gasteiger partial charge in [0.25, 0.3) is 5.91 Å². The van der Waals surface area contributed by atoms with Crippen LogP contribution in [0.1, 0.15) is 17.3 Å². The van der Waals surface area contributed by atoms with Crippen LogP contribution in [0.25, 0.3) is 10.9 Å². The van der Waals surface area contributed by atoms with Crippen molar-refractivity contribution in [3.8, 4) is 5.75 Å². The third kappa shape index (κ3) is 3.91. The maximum atomic E-state index is 13.2. The summed E-state index contributed by atoms with van der Waals surface area (Å²) in [6, 6.07) is 15.2. The highest BCUT2D eigenvalue weighted by molar-refractivity contribution is 6.10. The summed E-state index contributed by atoms with van der Waals surface area (Å²) in [5.74, 6) is 0.642. The van der Waals surface area contributed by atoms with Gasteiger partial charge in [0.2, 0.25) is 5.91 Å². The van der Waals surface area contributed by atoms with E-state index in [-0.39, 0.29) is 11.8 Å². The van der Waals surface area contributed by atoms with Gasteiger partial charge in [0.05, 0.1) is 23.9 Å². The lowest BCUT2D eigenvalue weighted by Crippen LogP contribution is -2.48. The summed E-state index contributed by atoms with van der Waals surface area (Å²) in [4.78, 5) is 33.3. The molecule has 1 fully saturated rings. The fourth-order valence-electron chi connectivity index (χ4n) is 3.78. The Kier molecular flexibility index (Phi) is 5.52. The van der Waals surface area contributed by atoms with E-state index >= 15 is 0 Å². The molecular weight excluding hydrogens is 380 g/mol. The van der Waals surface area contributed by atoms with E-state index in [0.717, 1.165) is 29.9 Å². The lowest BCUT2D eigenvalue weighted by atomic mass is 10.1. The third-order valence-electron chi connectivity index (χ3n) is 5.32. The van der Waals surface area contributed by atoms with Crippen molar-refractivity contribution in [2.24, 2.45) is 0 Å². The first kappa shape index (κ1) is 19.7. The molecule has 0 saturated carbocycles. The first-order chi connectivity index (χ1) is 14.6. The Labute approximate surface area is 175 Å². The number of fused-ring (bicyclic) bond motifs is 1. The van der Waals surface area contributed by atoms with Crippen LogP contribution in [0.5, 0.6) is 5.75 Å². The normalized spacial score (nSPS) is 13.9. The minimum atomic E-state index is -0.171. The number of methoxy groups -OCH3 is 1. The van der Waals surface area contributed by atoms with Crippen molar-refractivity contribution in [3.63, 3.8) is 0 Å². The molecule has 30 heavy (non-hydrogen) atoms. The van der Waals surface area contributed by atoms with Gasteiger partial charge in [-0.1, -0.05) is 12.1 Å². The van der Waals surface area contributed by atoms with Crippen molar-refractivity contribution in [3.05, 3.63) is 60.3 Å². The number of aromatic nitrogens is 1. The van der Waals surface area contributed by atoms with E-state index in [2.05, 4.69) is 15.2 Å². The van der Waals surface area contributed by atoms with Crippen LogP contribution in [0.2, 0.25) is 0 Å². The van der Waals surface area contributed by atoms with Crippen LogP contribution in [-0.4, -0.2) is 55.0 Å². The van der Waals surface area contributed by atoms with Crippen LogP contribution in [0.4, 0.5) is 11.4 Å². The lowest BCUT2D eigenvalue weighted by Gasteiger charge is -2.36. The quantitative estimate of drug-likeness (QED) is 0.723. The topological polar surface area (TPSA) is 74.8 Å². The van der Waals surface area contributed by atoms with Crippen LogP contribution in [0.3, 0.4) is 0 Å². The van der Waals surface area contributed by atoms with Crippen molar-refractivity contribution in [2.45, 2.75) is 6.92 Å². The molecule has 0 atom stereocenters. The van der Waals surface area contributed by atoms with Crippen molar-refractivity contribution in [1.82, 2.24) is 9.88 Å². The summed E-state index contributed by atoms with van der Waals surface area (Å²) < 4.78 is 5.22. The number of nitrogens with one attached hydrogen (secondary N) is 1. The smallest absolute Gasteiger partial charge is 0.254 e. The Bertz CT molecular complexity index is 1070. The van der Waals surface area contributed by atoms with Crippen molar-refractivity contribution >= 4 is 34.1 Å². The van der Waals surface area contributed by atoms with E-state index in [9.17, 15) is 9.59 Å². The van der Waals surface area contributed by atoms with Gasteiger partial charge >= 0.3 is 0 Å². The number of hydrogen-bond donors (Lipinski definition) is 1. The maximum Gasteiger partial charge on any atom is 0.254 e. The van der Waals surface area contributed by atoms with Crippen molar-refractivity contribution < 1.29 is 14.3 Å². The fraction of sp³-hybridized carbons (Fsp3) is 0.261. The van der Waals surface area contributed by atoms with Crippen LogP contribution in [-0.2, 0) is 4.79 Å². The number of amides is 2. The van der Waals surface area contributed by atoms with Gasteiger partial charge in [-0.05, 0) is 36.4 Å². The number of hydrogen-bond acceptors (Lipinski definition) is 5. The van der Waals surface area contributed by atoms with Crippen molar-refractivity contribution in [2.75, 3.05) is 43.5 Å². The van der Waals surface area contributed by atoms with E-state index < -0.39 is 0 Å². The second-order valence-electron chi connectivity index (χ2n) is 7.22. The van der Waals surface area contributed by atoms with Gasteiger partial charge in [0, 0.05) is 50.4 Å². The summed E-state index contributed by atoms with van der Waals surface area (Å²) in [7, 11) is 1.65. The summed E-state index contributed by atoms with van der Waals surface area (Å²) in [5.41, 5.74) is 2.96. The highest BCUT2D eigenvalue weighted by Crippen LogP contribution is 2.26. The number of nitrogens with zero attached hydrogens (tertiary/aromatic N) is 3. The van der Waals surface area contributed by atoms with Gasteiger partial charge in [-0.15, -0.1) is 0 Å². The zero-order valence-electron chi connectivity index (χ0n) is 17.1. The molecule has 0 aliphatic carbocycles. The largest absolute Gasteiger partial charge is 0.497 e. The van der Waals surface area contributed by atoms with E-state index in [1.165, 1.54) is 6.92 Å². The minimum absolute atomic E-state index is 0.0169. The van der Waals surface area contributed by atoms with Gasteiger partial charge in [0.1, 0.15) is 5.75 Å². The molecule has 154 valence electrons. The Morgan fingerprint density at radius 2 is 1.73 bits per heavy atom. The molecule has 0 radical (unpaired) electrons. The van der Waals surface area contributed by atoms with Gasteiger partial charge in [0.15, 0.2) is 0 Å². The number of carbonyl (C=O) groups is 2. The average Bonchev–Trinajstić information content (AvgIpc) is 2.78. The number of piperazine rings is 1. The fourth-order valence-corrected chi connectivity index (χ4v) is 3.78. The monoisotopic (exact) mass is 404 g/mol. The van der Waals surface area contributed by atoms with Gasteiger partial charge in [-0.2, -0.15) is 0 Å². The predicted molar refractivity (Wildman–Crippen MR) is 117 cm³/mol. The SMILES string of the molecule is COc1ccc(N2CCN(C(=O)c3ccnc4c(NC(C)=O)cccc34)CC2)cc1. The molecule has 1 aromatic heterocycles. The van der Waals surface area contributed by atoms with Crippen LogP contribution in [0, 0.1) is 0 Å². The first-order valence-electron chi connectivity index (χ1n) is 9.90. The standard InChI is InChI=1S/C23H24N4O3/c1-16(28)25-21-5-3-4-19-20(10-11-24-22(19)21)23(29)27-14-12-26(13-15-27)17-6-8-18(30-2)9-7-17/h3-11H,12-15H2,1-2H3,(H,25,28). The molecule has 2 amide bonds. The van der Waals surface area contributed by atoms with E-state index in [1.807, 2.05) is 41.3 Å². The summed E-state index contributed by atoms with van der Waals surface area (Å²) >= 11 is 0. The molecule has 2 aromatic carbocycles. The maximum absolute atomic E-state index is 13.2. The van der Waals surface area contributed by atoms with E-state index in [0.29, 0.717) is 29.9 Å². The molecule has 7 nitrogen and oxygen atoms in total. The van der Waals surface area contributed by atoms with Gasteiger partial charge in [-0.3, -0.25) is 14.6 Å². The molecule has 7 heteroatoms. The number of carbonyl (C=O) groups excluding carboxylic acids is 2. The third-order valence-corrected chi connectivity index (χ3v) is 5.32. The highest BCUT2D eigenvalue weighted by atomic mass is 16.5. The number of ether oxygens (including phenoxy) is 1. The number of para-hydroxylation sites is 1. The Morgan fingerprint density at radius 1 is 1.00 bits per heavy atom. The number of pyridine rings is 1. The second kappa shape index (κ2) is 8.41. The molecule has 3 aromatic rings. The minimum Gasteiger partial charge on any atom is -0.497 e. The van der Waals surface area contributed by atoms with Crippen LogP contribution in [0.15, 0.2) is 54.7 Å².